The molecule has 22 heavy (non-hydrogen) atoms. The maximum Gasteiger partial charge on any atom is 0.244 e. The maximum atomic E-state index is 12.5. The molecule has 2 aliphatic rings. The van der Waals surface area contributed by atoms with Gasteiger partial charge < -0.3 is 11.1 Å². The number of carbonyl (C=O) groups is 1. The van der Waals surface area contributed by atoms with E-state index in [2.05, 4.69) is 29.6 Å². The van der Waals surface area contributed by atoms with E-state index in [0.29, 0.717) is 0 Å². The van der Waals surface area contributed by atoms with Crippen LogP contribution in [0.4, 0.5) is 5.69 Å². The fourth-order valence-electron chi connectivity index (χ4n) is 3.84. The predicted octanol–water partition coefficient (Wildman–Crippen LogP) is 3.57. The Kier molecular flexibility index (Phi) is 3.87. The van der Waals surface area contributed by atoms with Crippen LogP contribution in [0.15, 0.2) is 30.3 Å². The van der Waals surface area contributed by atoms with Crippen molar-refractivity contribution in [2.24, 2.45) is 5.73 Å². The number of benzene rings is 2. The lowest BCUT2D eigenvalue weighted by Gasteiger charge is -2.23. The first kappa shape index (κ1) is 15.3. The number of carbonyl (C=O) groups excluding carboxylic acids is 1. The van der Waals surface area contributed by atoms with Crippen molar-refractivity contribution in [3.63, 3.8) is 0 Å². The molecule has 0 aromatic heterocycles. The third kappa shape index (κ3) is 2.29. The minimum absolute atomic E-state index is 0. The zero-order valence-electron chi connectivity index (χ0n) is 12.5. The molecule has 0 bridgehead atoms. The second-order valence-electron chi connectivity index (χ2n) is 6.43. The lowest BCUT2D eigenvalue weighted by atomic mass is 9.97. The Morgan fingerprint density at radius 2 is 1.73 bits per heavy atom. The van der Waals surface area contributed by atoms with Crippen molar-refractivity contribution in [1.82, 2.24) is 0 Å². The number of halogens is 1. The van der Waals surface area contributed by atoms with Crippen molar-refractivity contribution < 1.29 is 4.79 Å². The summed E-state index contributed by atoms with van der Waals surface area (Å²) in [5.74, 6) is -0.0290. The summed E-state index contributed by atoms with van der Waals surface area (Å²) in [6.45, 7) is 0. The predicted molar refractivity (Wildman–Crippen MR) is 92.6 cm³/mol. The van der Waals surface area contributed by atoms with E-state index in [0.717, 1.165) is 49.6 Å². The van der Waals surface area contributed by atoms with Crippen molar-refractivity contribution >= 4 is 34.8 Å². The molecule has 0 radical (unpaired) electrons. The van der Waals surface area contributed by atoms with E-state index in [9.17, 15) is 4.79 Å². The van der Waals surface area contributed by atoms with Crippen LogP contribution in [0.3, 0.4) is 0 Å². The van der Waals surface area contributed by atoms with Crippen molar-refractivity contribution in [1.29, 1.82) is 0 Å². The monoisotopic (exact) mass is 316 g/mol. The first-order chi connectivity index (χ1) is 10.2. The summed E-state index contributed by atoms with van der Waals surface area (Å²) in [6, 6.07) is 10.5. The molecule has 0 unspecified atom stereocenters. The number of rotatable bonds is 2. The van der Waals surface area contributed by atoms with Crippen LogP contribution in [-0.2, 0) is 17.6 Å². The molecule has 0 atom stereocenters. The van der Waals surface area contributed by atoms with Crippen LogP contribution in [0.5, 0.6) is 0 Å². The van der Waals surface area contributed by atoms with Gasteiger partial charge in [-0.05, 0) is 48.3 Å². The van der Waals surface area contributed by atoms with Crippen molar-refractivity contribution in [2.75, 3.05) is 5.32 Å². The molecule has 1 amide bonds. The standard InChI is InChI=1S/C18H20N2O.ClH/c19-18(10-1-2-11-18)17(21)20-15-9-8-13-7-6-12-4-3-5-14(15)16(12)13;/h3-5,8-9H,1-2,6-7,10-11,19H2,(H,20,21);1H. The van der Waals surface area contributed by atoms with Crippen molar-refractivity contribution in [3.8, 4) is 0 Å². The Balaban J connectivity index is 0.00000144. The topological polar surface area (TPSA) is 55.1 Å². The van der Waals surface area contributed by atoms with Crippen LogP contribution < -0.4 is 11.1 Å². The summed E-state index contributed by atoms with van der Waals surface area (Å²) in [5, 5.41) is 5.56. The van der Waals surface area contributed by atoms with Crippen LogP contribution in [0.2, 0.25) is 0 Å². The summed E-state index contributed by atoms with van der Waals surface area (Å²) in [5.41, 5.74) is 9.26. The molecule has 3 N–H and O–H groups in total. The highest BCUT2D eigenvalue weighted by molar-refractivity contribution is 6.07. The van der Waals surface area contributed by atoms with Gasteiger partial charge in [0.2, 0.25) is 5.91 Å². The first-order valence-corrected chi connectivity index (χ1v) is 7.81. The number of nitrogens with two attached hydrogens (primary N) is 1. The average Bonchev–Trinajstić information content (AvgIpc) is 3.11. The Bertz CT molecular complexity index is 725. The van der Waals surface area contributed by atoms with E-state index in [-0.39, 0.29) is 18.3 Å². The van der Waals surface area contributed by atoms with Crippen LogP contribution in [-0.4, -0.2) is 11.4 Å². The van der Waals surface area contributed by atoms with Crippen LogP contribution in [0, 0.1) is 0 Å². The molecule has 2 aliphatic carbocycles. The first-order valence-electron chi connectivity index (χ1n) is 7.81. The van der Waals surface area contributed by atoms with E-state index < -0.39 is 5.54 Å². The molecule has 116 valence electrons. The van der Waals surface area contributed by atoms with E-state index in [4.69, 9.17) is 5.73 Å². The molecule has 0 heterocycles. The molecule has 0 spiro atoms. The molecule has 4 rings (SSSR count). The zero-order valence-corrected chi connectivity index (χ0v) is 13.3. The van der Waals surface area contributed by atoms with Gasteiger partial charge in [-0.2, -0.15) is 0 Å². The van der Waals surface area contributed by atoms with Gasteiger partial charge in [0, 0.05) is 11.1 Å². The largest absolute Gasteiger partial charge is 0.324 e. The van der Waals surface area contributed by atoms with Gasteiger partial charge in [0.15, 0.2) is 0 Å². The molecule has 4 heteroatoms. The van der Waals surface area contributed by atoms with E-state index in [1.165, 1.54) is 16.5 Å². The normalized spacial score (nSPS) is 18.2. The van der Waals surface area contributed by atoms with Crippen LogP contribution in [0.1, 0.15) is 36.8 Å². The second-order valence-corrected chi connectivity index (χ2v) is 6.43. The number of nitrogens with one attached hydrogen (secondary N) is 1. The highest BCUT2D eigenvalue weighted by Crippen LogP contribution is 2.36. The summed E-state index contributed by atoms with van der Waals surface area (Å²) >= 11 is 0. The number of hydrogen-bond donors (Lipinski definition) is 2. The molecular formula is C18H21ClN2O. The number of hydrogen-bond acceptors (Lipinski definition) is 2. The number of anilines is 1. The van der Waals surface area contributed by atoms with Gasteiger partial charge in [0.05, 0.1) is 5.54 Å². The summed E-state index contributed by atoms with van der Waals surface area (Å²) in [6.07, 6.45) is 5.89. The fraction of sp³-hybridized carbons (Fsp3) is 0.389. The molecule has 2 aromatic rings. The van der Waals surface area contributed by atoms with E-state index in [1.807, 2.05) is 6.07 Å². The smallest absolute Gasteiger partial charge is 0.244 e. The molecule has 0 aliphatic heterocycles. The SMILES string of the molecule is Cl.NC1(C(=O)Nc2ccc3c4c(cccc24)CC3)CCCC1. The molecule has 1 fully saturated rings. The second kappa shape index (κ2) is 5.56. The van der Waals surface area contributed by atoms with E-state index in [1.54, 1.807) is 0 Å². The maximum absolute atomic E-state index is 12.5. The molecule has 0 saturated heterocycles. The van der Waals surface area contributed by atoms with Crippen molar-refractivity contribution in [2.45, 2.75) is 44.1 Å². The van der Waals surface area contributed by atoms with Gasteiger partial charge in [0.1, 0.15) is 0 Å². The van der Waals surface area contributed by atoms with Crippen LogP contribution >= 0.6 is 12.4 Å². The molecule has 1 saturated carbocycles. The minimum Gasteiger partial charge on any atom is -0.324 e. The molecule has 2 aromatic carbocycles. The lowest BCUT2D eigenvalue weighted by molar-refractivity contribution is -0.120. The lowest BCUT2D eigenvalue weighted by Crippen LogP contribution is -2.48. The average molecular weight is 317 g/mol. The van der Waals surface area contributed by atoms with Gasteiger partial charge >= 0.3 is 0 Å². The van der Waals surface area contributed by atoms with Gasteiger partial charge in [-0.15, -0.1) is 12.4 Å². The third-order valence-corrected chi connectivity index (χ3v) is 5.07. The third-order valence-electron chi connectivity index (χ3n) is 5.07. The van der Waals surface area contributed by atoms with Gasteiger partial charge in [-0.25, -0.2) is 0 Å². The van der Waals surface area contributed by atoms with Gasteiger partial charge in [0.25, 0.3) is 0 Å². The Hall–Kier alpha value is -1.58. The highest BCUT2D eigenvalue weighted by atomic mass is 35.5. The summed E-state index contributed by atoms with van der Waals surface area (Å²) < 4.78 is 0. The van der Waals surface area contributed by atoms with Gasteiger partial charge in [-0.3, -0.25) is 4.79 Å². The van der Waals surface area contributed by atoms with Gasteiger partial charge in [-0.1, -0.05) is 37.1 Å². The number of aryl methyl sites for hydroxylation is 2. The summed E-state index contributed by atoms with van der Waals surface area (Å²) in [4.78, 5) is 12.5. The van der Waals surface area contributed by atoms with E-state index >= 15 is 0 Å². The molecule has 3 nitrogen and oxygen atoms in total. The molecular weight excluding hydrogens is 296 g/mol. The van der Waals surface area contributed by atoms with Crippen LogP contribution in [0.25, 0.3) is 10.8 Å². The Morgan fingerprint density at radius 3 is 2.45 bits per heavy atom. The van der Waals surface area contributed by atoms with Crippen molar-refractivity contribution in [3.05, 3.63) is 41.5 Å². The Labute approximate surface area is 136 Å². The minimum atomic E-state index is -0.678. The zero-order chi connectivity index (χ0) is 14.4. The summed E-state index contributed by atoms with van der Waals surface area (Å²) in [7, 11) is 0. The highest BCUT2D eigenvalue weighted by Gasteiger charge is 2.37. The fourth-order valence-corrected chi connectivity index (χ4v) is 3.84. The Morgan fingerprint density at radius 1 is 1.05 bits per heavy atom. The number of amides is 1. The quantitative estimate of drug-likeness (QED) is 0.890.